The summed E-state index contributed by atoms with van der Waals surface area (Å²) in [6, 6.07) is 11.7. The maximum Gasteiger partial charge on any atom is 0.270 e. The molecule has 0 saturated heterocycles. The molecule has 100 valence electrons. The van der Waals surface area contributed by atoms with E-state index in [1.54, 1.807) is 0 Å². The number of nitrogens with one attached hydrogen (secondary N) is 1. The molecule has 1 atom stereocenters. The summed E-state index contributed by atoms with van der Waals surface area (Å²) >= 11 is 0. The van der Waals surface area contributed by atoms with Crippen molar-refractivity contribution in [2.75, 3.05) is 0 Å². The molecular formula is C15H17FN2O. The molecule has 1 heterocycles. The van der Waals surface area contributed by atoms with Crippen molar-refractivity contribution in [1.29, 1.82) is 0 Å². The van der Waals surface area contributed by atoms with Crippen molar-refractivity contribution in [3.8, 4) is 0 Å². The van der Waals surface area contributed by atoms with Gasteiger partial charge in [0.2, 0.25) is 0 Å². The molecule has 1 amide bonds. The second-order valence-electron chi connectivity index (χ2n) is 4.55. The highest BCUT2D eigenvalue weighted by Gasteiger charge is 2.16. The van der Waals surface area contributed by atoms with Gasteiger partial charge in [-0.3, -0.25) is 4.79 Å². The van der Waals surface area contributed by atoms with Crippen LogP contribution >= 0.6 is 0 Å². The number of nitrogens with zero attached hydrogens (tertiary/aromatic N) is 1. The first kappa shape index (κ1) is 13.3. The lowest BCUT2D eigenvalue weighted by Gasteiger charge is -2.11. The lowest BCUT2D eigenvalue weighted by Crippen LogP contribution is -2.31. The summed E-state index contributed by atoms with van der Waals surface area (Å²) < 4.78 is 14.7. The highest BCUT2D eigenvalue weighted by Crippen LogP contribution is 2.13. The Morgan fingerprint density at radius 2 is 2.00 bits per heavy atom. The predicted octanol–water partition coefficient (Wildman–Crippen LogP) is 2.89. The van der Waals surface area contributed by atoms with E-state index in [4.69, 9.17) is 0 Å². The van der Waals surface area contributed by atoms with Gasteiger partial charge in [0.15, 0.2) is 6.30 Å². The van der Waals surface area contributed by atoms with E-state index < -0.39 is 6.30 Å². The van der Waals surface area contributed by atoms with Crippen molar-refractivity contribution < 1.29 is 9.18 Å². The second kappa shape index (κ2) is 5.69. The summed E-state index contributed by atoms with van der Waals surface area (Å²) in [5, 5.41) is 2.29. The molecule has 0 bridgehead atoms. The van der Waals surface area contributed by atoms with E-state index in [9.17, 15) is 9.18 Å². The van der Waals surface area contributed by atoms with Crippen molar-refractivity contribution in [3.05, 3.63) is 59.4 Å². The molecule has 1 N–H and O–H groups in total. The number of aromatic nitrogens is 1. The Morgan fingerprint density at radius 3 is 2.63 bits per heavy atom. The molecule has 4 heteroatoms. The van der Waals surface area contributed by atoms with E-state index in [1.807, 2.05) is 54.1 Å². The maximum absolute atomic E-state index is 12.9. The van der Waals surface area contributed by atoms with Gasteiger partial charge < -0.3 is 9.88 Å². The summed E-state index contributed by atoms with van der Waals surface area (Å²) in [6.07, 6.45) is 0.493. The standard InChI is InChI=1S/C15H17FN2O/c1-11-8-9-18(10-13-6-4-3-5-7-13)14(11)15(19)17-12(2)16/h3-9,12H,10H2,1-2H3,(H,17,19). The van der Waals surface area contributed by atoms with Crippen LogP contribution in [0, 0.1) is 6.92 Å². The van der Waals surface area contributed by atoms with Crippen LogP contribution in [0.15, 0.2) is 42.6 Å². The molecule has 0 radical (unpaired) electrons. The smallest absolute Gasteiger partial charge is 0.270 e. The summed E-state index contributed by atoms with van der Waals surface area (Å²) in [6.45, 7) is 3.75. The molecule has 0 aliphatic carbocycles. The Hall–Kier alpha value is -2.10. The number of aryl methyl sites for hydroxylation is 1. The molecule has 2 aromatic rings. The SMILES string of the molecule is Cc1ccn(Cc2ccccc2)c1C(=O)NC(C)F. The fourth-order valence-electron chi connectivity index (χ4n) is 2.05. The van der Waals surface area contributed by atoms with Crippen LogP contribution in [-0.2, 0) is 6.54 Å². The number of alkyl halides is 1. The quantitative estimate of drug-likeness (QED) is 0.843. The van der Waals surface area contributed by atoms with Crippen molar-refractivity contribution in [2.45, 2.75) is 26.7 Å². The number of rotatable bonds is 4. The monoisotopic (exact) mass is 260 g/mol. The molecule has 0 aliphatic rings. The zero-order valence-corrected chi connectivity index (χ0v) is 11.1. The molecule has 0 aliphatic heterocycles. The molecule has 19 heavy (non-hydrogen) atoms. The topological polar surface area (TPSA) is 34.0 Å². The van der Waals surface area contributed by atoms with Crippen LogP contribution in [0.1, 0.15) is 28.5 Å². The highest BCUT2D eigenvalue weighted by atomic mass is 19.1. The van der Waals surface area contributed by atoms with E-state index in [0.29, 0.717) is 12.2 Å². The van der Waals surface area contributed by atoms with Gasteiger partial charge in [-0.05, 0) is 31.0 Å². The van der Waals surface area contributed by atoms with Gasteiger partial charge in [0.1, 0.15) is 5.69 Å². The third-order valence-corrected chi connectivity index (χ3v) is 2.91. The summed E-state index contributed by atoms with van der Waals surface area (Å²) in [7, 11) is 0. The Morgan fingerprint density at radius 1 is 1.32 bits per heavy atom. The number of carbonyl (C=O) groups excluding carboxylic acids is 1. The van der Waals surface area contributed by atoms with Crippen molar-refractivity contribution in [1.82, 2.24) is 9.88 Å². The lowest BCUT2D eigenvalue weighted by molar-refractivity contribution is 0.0894. The molecule has 0 fully saturated rings. The average Bonchev–Trinajstić information content (AvgIpc) is 2.71. The van der Waals surface area contributed by atoms with E-state index >= 15 is 0 Å². The van der Waals surface area contributed by atoms with Crippen LogP contribution in [0.5, 0.6) is 0 Å². The molecule has 1 aromatic carbocycles. The third kappa shape index (κ3) is 3.22. The highest BCUT2D eigenvalue weighted by molar-refractivity contribution is 5.94. The van der Waals surface area contributed by atoms with Gasteiger partial charge >= 0.3 is 0 Å². The molecule has 1 aromatic heterocycles. The van der Waals surface area contributed by atoms with E-state index in [2.05, 4.69) is 5.32 Å². The molecule has 2 rings (SSSR count). The fourth-order valence-corrected chi connectivity index (χ4v) is 2.05. The summed E-state index contributed by atoms with van der Waals surface area (Å²) in [5.74, 6) is -0.381. The maximum atomic E-state index is 12.9. The van der Waals surface area contributed by atoms with Crippen LogP contribution in [0.3, 0.4) is 0 Å². The first-order chi connectivity index (χ1) is 9.08. The Balaban J connectivity index is 2.25. The number of hydrogen-bond donors (Lipinski definition) is 1. The Kier molecular flexibility index (Phi) is 4.00. The van der Waals surface area contributed by atoms with Crippen LogP contribution in [-0.4, -0.2) is 16.8 Å². The summed E-state index contributed by atoms with van der Waals surface area (Å²) in [5.41, 5.74) is 2.45. The van der Waals surface area contributed by atoms with Crippen LogP contribution in [0.4, 0.5) is 4.39 Å². The number of benzene rings is 1. The van der Waals surface area contributed by atoms with E-state index in [-0.39, 0.29) is 5.91 Å². The number of carbonyl (C=O) groups is 1. The van der Waals surface area contributed by atoms with Gasteiger partial charge in [-0.1, -0.05) is 30.3 Å². The zero-order chi connectivity index (χ0) is 13.8. The van der Waals surface area contributed by atoms with E-state index in [0.717, 1.165) is 11.1 Å². The molecule has 0 saturated carbocycles. The van der Waals surface area contributed by atoms with E-state index in [1.165, 1.54) is 6.92 Å². The first-order valence-electron chi connectivity index (χ1n) is 6.22. The number of hydrogen-bond acceptors (Lipinski definition) is 1. The van der Waals surface area contributed by atoms with Crippen molar-refractivity contribution in [3.63, 3.8) is 0 Å². The van der Waals surface area contributed by atoms with Gasteiger partial charge in [0.05, 0.1) is 0 Å². The summed E-state index contributed by atoms with van der Waals surface area (Å²) in [4.78, 5) is 12.0. The average molecular weight is 260 g/mol. The molecule has 0 spiro atoms. The van der Waals surface area contributed by atoms with Gasteiger partial charge in [-0.25, -0.2) is 4.39 Å². The van der Waals surface area contributed by atoms with Gasteiger partial charge in [0.25, 0.3) is 5.91 Å². The molecule has 3 nitrogen and oxygen atoms in total. The fraction of sp³-hybridized carbons (Fsp3) is 0.267. The Bertz CT molecular complexity index is 561. The first-order valence-corrected chi connectivity index (χ1v) is 6.22. The normalized spacial score (nSPS) is 12.2. The number of halogens is 1. The van der Waals surface area contributed by atoms with Crippen LogP contribution < -0.4 is 5.32 Å². The van der Waals surface area contributed by atoms with Crippen molar-refractivity contribution >= 4 is 5.91 Å². The van der Waals surface area contributed by atoms with Crippen molar-refractivity contribution in [2.24, 2.45) is 0 Å². The minimum atomic E-state index is -1.35. The second-order valence-corrected chi connectivity index (χ2v) is 4.55. The minimum Gasteiger partial charge on any atom is -0.339 e. The van der Waals surface area contributed by atoms with Gasteiger partial charge in [0, 0.05) is 12.7 Å². The van der Waals surface area contributed by atoms with Gasteiger partial charge in [-0.2, -0.15) is 0 Å². The lowest BCUT2D eigenvalue weighted by atomic mass is 10.2. The predicted molar refractivity (Wildman–Crippen MR) is 72.7 cm³/mol. The Labute approximate surface area is 112 Å². The third-order valence-electron chi connectivity index (χ3n) is 2.91. The largest absolute Gasteiger partial charge is 0.339 e. The molecule has 1 unspecified atom stereocenters. The van der Waals surface area contributed by atoms with Crippen LogP contribution in [0.25, 0.3) is 0 Å². The van der Waals surface area contributed by atoms with Gasteiger partial charge in [-0.15, -0.1) is 0 Å². The van der Waals surface area contributed by atoms with Crippen LogP contribution in [0.2, 0.25) is 0 Å². The minimum absolute atomic E-state index is 0.381. The number of amides is 1. The molecular weight excluding hydrogens is 243 g/mol. The zero-order valence-electron chi connectivity index (χ0n) is 11.1.